The number of anilines is 2. The fourth-order valence-electron chi connectivity index (χ4n) is 8.43. The zero-order valence-corrected chi connectivity index (χ0v) is 31.7. The molecule has 0 unspecified atom stereocenters. The molecule has 0 spiro atoms. The topological polar surface area (TPSA) is 47.1 Å². The molecule has 0 bridgehead atoms. The molecule has 274 valence electrons. The van der Waals surface area contributed by atoms with Gasteiger partial charge in [0.15, 0.2) is 5.82 Å². The fourth-order valence-corrected chi connectivity index (χ4v) is 8.43. The van der Waals surface area contributed by atoms with Gasteiger partial charge in [0.1, 0.15) is 11.2 Å². The Morgan fingerprint density at radius 2 is 1.05 bits per heavy atom. The molecule has 11 rings (SSSR count). The summed E-state index contributed by atoms with van der Waals surface area (Å²) in [6, 6.07) is 70.0. The van der Waals surface area contributed by atoms with Gasteiger partial charge in [-0.15, -0.1) is 0 Å². The Balaban J connectivity index is 1.20. The van der Waals surface area contributed by atoms with Crippen molar-refractivity contribution in [2.45, 2.75) is 0 Å². The lowest BCUT2D eigenvalue weighted by Crippen LogP contribution is -2.11. The van der Waals surface area contributed by atoms with Gasteiger partial charge in [0.05, 0.1) is 28.1 Å². The third kappa shape index (κ3) is 5.63. The van der Waals surface area contributed by atoms with E-state index in [-0.39, 0.29) is 0 Å². The van der Waals surface area contributed by atoms with Crippen LogP contribution >= 0.6 is 0 Å². The van der Waals surface area contributed by atoms with Crippen molar-refractivity contribution in [3.63, 3.8) is 0 Å². The Bertz CT molecular complexity index is 3220. The van der Waals surface area contributed by atoms with Gasteiger partial charge in [-0.3, -0.25) is 0 Å². The van der Waals surface area contributed by atoms with E-state index < -0.39 is 0 Å². The van der Waals surface area contributed by atoms with Crippen molar-refractivity contribution in [1.82, 2.24) is 14.5 Å². The Kier molecular flexibility index (Phi) is 7.97. The SMILES string of the molecule is CN(c1ccccc1)c1cc2c(cc1-c1ccccc1)c1c3c(ccc1n2-c1cccc(-c2nc(-c4ccccc4)cc(-c4ccccc4)n2)c1)oc1ccccc13. The summed E-state index contributed by atoms with van der Waals surface area (Å²) < 4.78 is 8.89. The summed E-state index contributed by atoms with van der Waals surface area (Å²) in [5.41, 5.74) is 14.2. The molecule has 11 aromatic rings. The maximum Gasteiger partial charge on any atom is 0.160 e. The average Bonchev–Trinajstić information content (AvgIpc) is 3.84. The van der Waals surface area contributed by atoms with Crippen molar-refractivity contribution in [2.75, 3.05) is 11.9 Å². The van der Waals surface area contributed by atoms with Crippen LogP contribution in [-0.4, -0.2) is 21.6 Å². The second-order valence-electron chi connectivity index (χ2n) is 14.7. The Morgan fingerprint density at radius 3 is 1.74 bits per heavy atom. The first kappa shape index (κ1) is 33.6. The highest BCUT2D eigenvalue weighted by atomic mass is 16.3. The number of furan rings is 1. The Labute approximate surface area is 335 Å². The largest absolute Gasteiger partial charge is 0.456 e. The van der Waals surface area contributed by atoms with E-state index in [9.17, 15) is 0 Å². The molecule has 3 heterocycles. The predicted octanol–water partition coefficient (Wildman–Crippen LogP) is 13.9. The first-order valence-electron chi connectivity index (χ1n) is 19.6. The molecular weight excluding hydrogens is 709 g/mol. The van der Waals surface area contributed by atoms with Crippen molar-refractivity contribution >= 4 is 55.1 Å². The second-order valence-corrected chi connectivity index (χ2v) is 14.7. The molecule has 0 aliphatic rings. The van der Waals surface area contributed by atoms with E-state index in [0.29, 0.717) is 5.82 Å². The lowest BCUT2D eigenvalue weighted by Gasteiger charge is -2.24. The van der Waals surface area contributed by atoms with E-state index in [1.54, 1.807) is 0 Å². The first-order chi connectivity index (χ1) is 28.7. The van der Waals surface area contributed by atoms with Crippen LogP contribution in [0.15, 0.2) is 205 Å². The monoisotopic (exact) mass is 744 g/mol. The van der Waals surface area contributed by atoms with Gasteiger partial charge in [-0.25, -0.2) is 9.97 Å². The quantitative estimate of drug-likeness (QED) is 0.163. The van der Waals surface area contributed by atoms with Crippen molar-refractivity contribution < 1.29 is 4.42 Å². The van der Waals surface area contributed by atoms with E-state index in [4.69, 9.17) is 14.4 Å². The van der Waals surface area contributed by atoms with Gasteiger partial charge in [-0.1, -0.05) is 140 Å². The van der Waals surface area contributed by atoms with Crippen LogP contribution in [0.4, 0.5) is 11.4 Å². The van der Waals surface area contributed by atoms with E-state index >= 15 is 0 Å². The third-order valence-corrected chi connectivity index (χ3v) is 11.2. The third-order valence-electron chi connectivity index (χ3n) is 11.2. The maximum atomic E-state index is 6.50. The highest BCUT2D eigenvalue weighted by Crippen LogP contribution is 2.46. The smallest absolute Gasteiger partial charge is 0.160 e. The predicted molar refractivity (Wildman–Crippen MR) is 240 cm³/mol. The Morgan fingerprint density at radius 1 is 0.448 bits per heavy atom. The first-order valence-corrected chi connectivity index (χ1v) is 19.6. The summed E-state index contributed by atoms with van der Waals surface area (Å²) in [4.78, 5) is 12.7. The van der Waals surface area contributed by atoms with Crippen molar-refractivity contribution in [3.8, 4) is 50.7 Å². The van der Waals surface area contributed by atoms with Gasteiger partial charge in [-0.2, -0.15) is 0 Å². The number of hydrogen-bond acceptors (Lipinski definition) is 4. The minimum absolute atomic E-state index is 0.668. The number of benzene rings is 8. The van der Waals surface area contributed by atoms with Crippen molar-refractivity contribution in [1.29, 1.82) is 0 Å². The summed E-state index contributed by atoms with van der Waals surface area (Å²) in [7, 11) is 2.15. The van der Waals surface area contributed by atoms with Gasteiger partial charge in [0, 0.05) is 62.2 Å². The van der Waals surface area contributed by atoms with Crippen molar-refractivity contribution in [2.24, 2.45) is 0 Å². The van der Waals surface area contributed by atoms with Crippen LogP contribution in [-0.2, 0) is 0 Å². The molecule has 58 heavy (non-hydrogen) atoms. The zero-order chi connectivity index (χ0) is 38.6. The number of aromatic nitrogens is 3. The number of nitrogens with zero attached hydrogens (tertiary/aromatic N) is 4. The molecule has 0 aliphatic carbocycles. The zero-order valence-electron chi connectivity index (χ0n) is 31.7. The summed E-state index contributed by atoms with van der Waals surface area (Å²) in [5, 5.41) is 4.52. The van der Waals surface area contributed by atoms with Crippen LogP contribution in [0, 0.1) is 0 Å². The van der Waals surface area contributed by atoms with E-state index in [2.05, 4.69) is 199 Å². The highest BCUT2D eigenvalue weighted by Gasteiger charge is 2.23. The van der Waals surface area contributed by atoms with Gasteiger partial charge in [0.2, 0.25) is 0 Å². The second kappa shape index (κ2) is 13.8. The molecule has 0 amide bonds. The van der Waals surface area contributed by atoms with Gasteiger partial charge in [0.25, 0.3) is 0 Å². The molecule has 0 N–H and O–H groups in total. The number of para-hydroxylation sites is 2. The van der Waals surface area contributed by atoms with Crippen molar-refractivity contribution in [3.05, 3.63) is 200 Å². The van der Waals surface area contributed by atoms with Crippen LogP contribution in [0.3, 0.4) is 0 Å². The molecule has 0 aliphatic heterocycles. The van der Waals surface area contributed by atoms with Crippen LogP contribution in [0.1, 0.15) is 0 Å². The van der Waals surface area contributed by atoms with Gasteiger partial charge >= 0.3 is 0 Å². The minimum Gasteiger partial charge on any atom is -0.456 e. The molecule has 3 aromatic heterocycles. The fraction of sp³-hybridized carbons (Fsp3) is 0.0189. The molecule has 0 fully saturated rings. The molecule has 0 saturated carbocycles. The molecule has 0 atom stereocenters. The van der Waals surface area contributed by atoms with E-state index in [1.807, 2.05) is 18.2 Å². The van der Waals surface area contributed by atoms with Crippen LogP contribution in [0.5, 0.6) is 0 Å². The molecule has 5 nitrogen and oxygen atoms in total. The summed E-state index contributed by atoms with van der Waals surface area (Å²) in [5.74, 6) is 0.668. The van der Waals surface area contributed by atoms with Crippen LogP contribution in [0.2, 0.25) is 0 Å². The molecule has 5 heteroatoms. The van der Waals surface area contributed by atoms with Crippen LogP contribution < -0.4 is 4.90 Å². The van der Waals surface area contributed by atoms with Crippen LogP contribution in [0.25, 0.3) is 94.5 Å². The summed E-state index contributed by atoms with van der Waals surface area (Å²) in [6.45, 7) is 0. The lowest BCUT2D eigenvalue weighted by atomic mass is 9.98. The highest BCUT2D eigenvalue weighted by molar-refractivity contribution is 6.28. The minimum atomic E-state index is 0.668. The molecule has 0 saturated heterocycles. The standard InChI is InChI=1S/C53H36N4O/c1-56(39-24-12-5-13-25-39)47-34-48-43(32-42(47)35-17-6-2-7-18-35)51-46(29-30-50-52(51)41-27-14-15-28-49(41)58-50)57(48)40-26-16-23-38(31-40)53-54-44(36-19-8-3-9-20-36)33-45(55-53)37-21-10-4-11-22-37/h2-34H,1H3. The normalized spacial score (nSPS) is 11.5. The molecule has 8 aromatic carbocycles. The summed E-state index contributed by atoms with van der Waals surface area (Å²) >= 11 is 0. The maximum absolute atomic E-state index is 6.50. The molecular formula is C53H36N4O. The summed E-state index contributed by atoms with van der Waals surface area (Å²) in [6.07, 6.45) is 0. The number of rotatable bonds is 7. The van der Waals surface area contributed by atoms with E-state index in [0.717, 1.165) is 100 Å². The number of hydrogen-bond donors (Lipinski definition) is 0. The van der Waals surface area contributed by atoms with Gasteiger partial charge < -0.3 is 13.9 Å². The Hall–Kier alpha value is -7.76. The van der Waals surface area contributed by atoms with E-state index in [1.165, 1.54) is 0 Å². The average molecular weight is 745 g/mol. The number of fused-ring (bicyclic) bond motifs is 7. The lowest BCUT2D eigenvalue weighted by molar-refractivity contribution is 0.669. The molecule has 0 radical (unpaired) electrons. The van der Waals surface area contributed by atoms with Gasteiger partial charge in [-0.05, 0) is 66.2 Å².